The smallest absolute Gasteiger partial charge is 0.385 e. The highest BCUT2D eigenvalue weighted by atomic mass is 19.4. The van der Waals surface area contributed by atoms with Crippen LogP contribution in [0.25, 0.3) is 0 Å². The Morgan fingerprint density at radius 3 is 2.61 bits per heavy atom. The molecule has 0 radical (unpaired) electrons. The van der Waals surface area contributed by atoms with E-state index in [1.54, 1.807) is 6.92 Å². The van der Waals surface area contributed by atoms with Crippen LogP contribution in [0.4, 0.5) is 13.2 Å². The van der Waals surface area contributed by atoms with Crippen LogP contribution in [0.3, 0.4) is 0 Å². The molecule has 0 spiro atoms. The zero-order chi connectivity index (χ0) is 13.4. The monoisotopic (exact) mass is 260 g/mol. The van der Waals surface area contributed by atoms with E-state index in [1.807, 2.05) is 0 Å². The van der Waals surface area contributed by atoms with Gasteiger partial charge >= 0.3 is 6.18 Å². The lowest BCUT2D eigenvalue weighted by atomic mass is 9.77. The van der Waals surface area contributed by atoms with E-state index in [0.717, 1.165) is 6.07 Å². The van der Waals surface area contributed by atoms with Gasteiger partial charge in [-0.05, 0) is 11.6 Å². The Hall–Kier alpha value is -1.07. The molecule has 1 aliphatic heterocycles. The summed E-state index contributed by atoms with van der Waals surface area (Å²) in [4.78, 5) is 0. The summed E-state index contributed by atoms with van der Waals surface area (Å²) in [7, 11) is 0. The summed E-state index contributed by atoms with van der Waals surface area (Å²) >= 11 is 0. The predicted octanol–water partition coefficient (Wildman–Crippen LogP) is 2.95. The van der Waals surface area contributed by atoms with Crippen LogP contribution in [0.2, 0.25) is 0 Å². The molecule has 1 N–H and O–H groups in total. The Kier molecular flexibility index (Phi) is 3.38. The van der Waals surface area contributed by atoms with E-state index >= 15 is 0 Å². The highest BCUT2D eigenvalue weighted by molar-refractivity contribution is 5.35. The maximum Gasteiger partial charge on any atom is 0.416 e. The molecule has 5 heteroatoms. The molecule has 0 aliphatic carbocycles. The minimum absolute atomic E-state index is 0.0479. The van der Waals surface area contributed by atoms with Crippen LogP contribution in [0.5, 0.6) is 0 Å². The quantitative estimate of drug-likeness (QED) is 0.841. The summed E-state index contributed by atoms with van der Waals surface area (Å²) in [5, 5.41) is 10.6. The number of benzene rings is 1. The van der Waals surface area contributed by atoms with E-state index in [1.165, 1.54) is 18.2 Å². The molecule has 18 heavy (non-hydrogen) atoms. The van der Waals surface area contributed by atoms with Crippen molar-refractivity contribution < 1.29 is 23.0 Å². The molecule has 2 rings (SSSR count). The second-order valence-electron chi connectivity index (χ2n) is 4.69. The van der Waals surface area contributed by atoms with Gasteiger partial charge in [0.2, 0.25) is 0 Å². The Morgan fingerprint density at radius 2 is 2.00 bits per heavy atom. The zero-order valence-corrected chi connectivity index (χ0v) is 10.00. The van der Waals surface area contributed by atoms with Crippen molar-refractivity contribution in [2.24, 2.45) is 5.92 Å². The van der Waals surface area contributed by atoms with Crippen LogP contribution in [0, 0.1) is 5.92 Å². The minimum Gasteiger partial charge on any atom is -0.385 e. The summed E-state index contributed by atoms with van der Waals surface area (Å²) < 4.78 is 44.1. The molecule has 1 aliphatic rings. The summed E-state index contributed by atoms with van der Waals surface area (Å²) in [6.07, 6.45) is -4.27. The molecule has 0 bridgehead atoms. The standard InChI is InChI=1S/C13H15F3O2/c1-9-8-18-7-6-12(9,17)10-4-2-3-5-11(10)13(14,15)16/h2-5,9,17H,6-8H2,1H3. The molecular formula is C13H15F3O2. The van der Waals surface area contributed by atoms with Gasteiger partial charge in [0.05, 0.1) is 17.8 Å². The number of hydrogen-bond acceptors (Lipinski definition) is 2. The Morgan fingerprint density at radius 1 is 1.33 bits per heavy atom. The van der Waals surface area contributed by atoms with Crippen LogP contribution >= 0.6 is 0 Å². The fourth-order valence-electron chi connectivity index (χ4n) is 2.38. The molecule has 1 aromatic rings. The first-order valence-electron chi connectivity index (χ1n) is 5.82. The second kappa shape index (κ2) is 4.55. The average molecular weight is 260 g/mol. The number of aliphatic hydroxyl groups is 1. The predicted molar refractivity (Wildman–Crippen MR) is 59.9 cm³/mol. The van der Waals surface area contributed by atoms with E-state index < -0.39 is 17.3 Å². The molecule has 2 atom stereocenters. The van der Waals surface area contributed by atoms with Gasteiger partial charge in [0.25, 0.3) is 0 Å². The number of ether oxygens (including phenoxy) is 1. The van der Waals surface area contributed by atoms with E-state index in [-0.39, 0.29) is 31.1 Å². The molecule has 0 amide bonds. The summed E-state index contributed by atoms with van der Waals surface area (Å²) in [6.45, 7) is 2.24. The van der Waals surface area contributed by atoms with Crippen LogP contribution in [-0.4, -0.2) is 18.3 Å². The lowest BCUT2D eigenvalue weighted by molar-refractivity contribution is -0.148. The van der Waals surface area contributed by atoms with Gasteiger partial charge in [0.1, 0.15) is 0 Å². The molecule has 1 fully saturated rings. The average Bonchev–Trinajstić information content (AvgIpc) is 2.32. The van der Waals surface area contributed by atoms with E-state index in [2.05, 4.69) is 0 Å². The Labute approximate surface area is 103 Å². The summed E-state index contributed by atoms with van der Waals surface area (Å²) in [6, 6.07) is 5.21. The number of halogens is 3. The maximum absolute atomic E-state index is 13.0. The van der Waals surface area contributed by atoms with Gasteiger partial charge in [-0.1, -0.05) is 25.1 Å². The van der Waals surface area contributed by atoms with Crippen molar-refractivity contribution in [3.05, 3.63) is 35.4 Å². The topological polar surface area (TPSA) is 29.5 Å². The third-order valence-electron chi connectivity index (χ3n) is 3.51. The molecular weight excluding hydrogens is 245 g/mol. The highest BCUT2D eigenvalue weighted by Gasteiger charge is 2.44. The molecule has 100 valence electrons. The van der Waals surface area contributed by atoms with Crippen molar-refractivity contribution in [2.75, 3.05) is 13.2 Å². The third-order valence-corrected chi connectivity index (χ3v) is 3.51. The van der Waals surface area contributed by atoms with Gasteiger partial charge in [0.15, 0.2) is 0 Å². The van der Waals surface area contributed by atoms with E-state index in [0.29, 0.717) is 0 Å². The van der Waals surface area contributed by atoms with Crippen molar-refractivity contribution in [3.63, 3.8) is 0 Å². The molecule has 1 saturated heterocycles. The SMILES string of the molecule is CC1COCCC1(O)c1ccccc1C(F)(F)F. The Bertz CT molecular complexity index is 430. The molecule has 1 heterocycles. The number of hydrogen-bond donors (Lipinski definition) is 1. The van der Waals surface area contributed by atoms with Crippen molar-refractivity contribution in [3.8, 4) is 0 Å². The van der Waals surface area contributed by atoms with Crippen molar-refractivity contribution >= 4 is 0 Å². The minimum atomic E-state index is -4.45. The van der Waals surface area contributed by atoms with Gasteiger partial charge in [-0.2, -0.15) is 13.2 Å². The summed E-state index contributed by atoms with van der Waals surface area (Å²) in [5.74, 6) is -0.366. The first kappa shape index (κ1) is 13.4. The number of rotatable bonds is 1. The van der Waals surface area contributed by atoms with Gasteiger partial charge in [-0.25, -0.2) is 0 Å². The van der Waals surface area contributed by atoms with Crippen LogP contribution in [0.1, 0.15) is 24.5 Å². The van der Waals surface area contributed by atoms with Crippen molar-refractivity contribution in [2.45, 2.75) is 25.1 Å². The highest BCUT2D eigenvalue weighted by Crippen LogP contribution is 2.42. The van der Waals surface area contributed by atoms with Crippen molar-refractivity contribution in [1.29, 1.82) is 0 Å². The second-order valence-corrected chi connectivity index (χ2v) is 4.69. The van der Waals surface area contributed by atoms with Gasteiger partial charge < -0.3 is 9.84 Å². The lowest BCUT2D eigenvalue weighted by Gasteiger charge is -2.39. The van der Waals surface area contributed by atoms with Gasteiger partial charge in [-0.15, -0.1) is 0 Å². The van der Waals surface area contributed by atoms with Gasteiger partial charge in [-0.3, -0.25) is 0 Å². The maximum atomic E-state index is 13.0. The van der Waals surface area contributed by atoms with E-state index in [4.69, 9.17) is 4.74 Å². The molecule has 0 aromatic heterocycles. The van der Waals surface area contributed by atoms with Gasteiger partial charge in [0, 0.05) is 18.9 Å². The fraction of sp³-hybridized carbons (Fsp3) is 0.538. The van der Waals surface area contributed by atoms with E-state index in [9.17, 15) is 18.3 Å². The van der Waals surface area contributed by atoms with Crippen molar-refractivity contribution in [1.82, 2.24) is 0 Å². The largest absolute Gasteiger partial charge is 0.416 e. The first-order valence-corrected chi connectivity index (χ1v) is 5.82. The normalized spacial score (nSPS) is 29.3. The van der Waals surface area contributed by atoms with Crippen LogP contribution < -0.4 is 0 Å². The molecule has 0 saturated carbocycles. The molecule has 1 aromatic carbocycles. The number of alkyl halides is 3. The van der Waals surface area contributed by atoms with Crippen LogP contribution in [-0.2, 0) is 16.5 Å². The first-order chi connectivity index (χ1) is 8.36. The summed E-state index contributed by atoms with van der Waals surface area (Å²) in [5.41, 5.74) is -2.28. The molecule has 2 nitrogen and oxygen atoms in total. The van der Waals surface area contributed by atoms with Crippen LogP contribution in [0.15, 0.2) is 24.3 Å². The zero-order valence-electron chi connectivity index (χ0n) is 10.00. The fourth-order valence-corrected chi connectivity index (χ4v) is 2.38. The Balaban J connectivity index is 2.50. The third kappa shape index (κ3) is 2.24. The molecule has 2 unspecified atom stereocenters. The lowest BCUT2D eigenvalue weighted by Crippen LogP contribution is -2.42.